The topological polar surface area (TPSA) is 50.1 Å². The van der Waals surface area contributed by atoms with E-state index in [2.05, 4.69) is 4.74 Å². The lowest BCUT2D eigenvalue weighted by Gasteiger charge is -2.03. The summed E-state index contributed by atoms with van der Waals surface area (Å²) in [6.07, 6.45) is 1.62. The van der Waals surface area contributed by atoms with E-state index < -0.39 is 5.97 Å². The number of benzene rings is 1. The van der Waals surface area contributed by atoms with E-state index in [4.69, 9.17) is 5.26 Å². The third kappa shape index (κ3) is 1.59. The van der Waals surface area contributed by atoms with Gasteiger partial charge in [0.2, 0.25) is 0 Å². The molecular weight excluding hydrogens is 202 g/mol. The fraction of sp³-hybridized carbons (Fsp3) is 0.231. The molecule has 0 saturated carbocycles. The van der Waals surface area contributed by atoms with E-state index >= 15 is 0 Å². The van der Waals surface area contributed by atoms with Crippen LogP contribution in [0.1, 0.15) is 17.5 Å². The molecule has 1 aliphatic rings. The standard InChI is InChI=1S/C13H11NO2/c1-16-13(15)12(8-14)11-7-6-9-4-2-3-5-10(9)11/h2-5H,6-7H2,1H3/b12-11+. The molecule has 0 unspecified atom stereocenters. The van der Waals surface area contributed by atoms with Crippen molar-refractivity contribution in [1.82, 2.24) is 0 Å². The van der Waals surface area contributed by atoms with Crippen molar-refractivity contribution in [2.75, 3.05) is 7.11 Å². The lowest BCUT2D eigenvalue weighted by Crippen LogP contribution is -2.05. The molecule has 0 saturated heterocycles. The van der Waals surface area contributed by atoms with Crippen LogP contribution >= 0.6 is 0 Å². The van der Waals surface area contributed by atoms with Crippen LogP contribution in [-0.2, 0) is 16.0 Å². The van der Waals surface area contributed by atoms with E-state index in [1.807, 2.05) is 30.3 Å². The Balaban J connectivity index is 2.55. The van der Waals surface area contributed by atoms with Gasteiger partial charge >= 0.3 is 5.97 Å². The van der Waals surface area contributed by atoms with Gasteiger partial charge < -0.3 is 4.74 Å². The van der Waals surface area contributed by atoms with Crippen molar-refractivity contribution in [3.8, 4) is 6.07 Å². The number of methoxy groups -OCH3 is 1. The third-order valence-electron chi connectivity index (χ3n) is 2.79. The Morgan fingerprint density at radius 3 is 2.81 bits per heavy atom. The summed E-state index contributed by atoms with van der Waals surface area (Å²) in [5.74, 6) is -0.547. The smallest absolute Gasteiger partial charge is 0.348 e. The molecule has 0 radical (unpaired) electrons. The van der Waals surface area contributed by atoms with Crippen LogP contribution in [-0.4, -0.2) is 13.1 Å². The molecule has 0 N–H and O–H groups in total. The number of esters is 1. The van der Waals surface area contributed by atoms with Crippen LogP contribution in [0.15, 0.2) is 29.8 Å². The molecule has 0 atom stereocenters. The first kappa shape index (κ1) is 10.4. The number of nitrogens with zero attached hydrogens (tertiary/aromatic N) is 1. The summed E-state index contributed by atoms with van der Waals surface area (Å²) in [7, 11) is 1.29. The Labute approximate surface area is 94.0 Å². The Kier molecular flexibility index (Phi) is 2.74. The van der Waals surface area contributed by atoms with E-state index in [0.717, 1.165) is 24.0 Å². The summed E-state index contributed by atoms with van der Waals surface area (Å²) in [6.45, 7) is 0. The van der Waals surface area contributed by atoms with E-state index in [1.165, 1.54) is 12.7 Å². The number of hydrogen-bond donors (Lipinski definition) is 0. The van der Waals surface area contributed by atoms with Gasteiger partial charge in [-0.1, -0.05) is 24.3 Å². The Morgan fingerprint density at radius 2 is 2.12 bits per heavy atom. The predicted octanol–water partition coefficient (Wildman–Crippen LogP) is 2.08. The number of rotatable bonds is 1. The Bertz CT molecular complexity index is 509. The largest absolute Gasteiger partial charge is 0.465 e. The predicted molar refractivity (Wildman–Crippen MR) is 59.3 cm³/mol. The van der Waals surface area contributed by atoms with Crippen LogP contribution in [0.25, 0.3) is 5.57 Å². The summed E-state index contributed by atoms with van der Waals surface area (Å²) >= 11 is 0. The zero-order chi connectivity index (χ0) is 11.5. The first-order valence-corrected chi connectivity index (χ1v) is 5.07. The average molecular weight is 213 g/mol. The van der Waals surface area contributed by atoms with Crippen molar-refractivity contribution in [2.45, 2.75) is 12.8 Å². The molecule has 16 heavy (non-hydrogen) atoms. The van der Waals surface area contributed by atoms with Crippen LogP contribution in [0, 0.1) is 11.3 Å². The van der Waals surface area contributed by atoms with E-state index in [1.54, 1.807) is 0 Å². The van der Waals surface area contributed by atoms with E-state index in [0.29, 0.717) is 0 Å². The lowest BCUT2D eigenvalue weighted by atomic mass is 10.0. The molecule has 0 spiro atoms. The quantitative estimate of drug-likeness (QED) is 0.407. The fourth-order valence-electron chi connectivity index (χ4n) is 2.03. The van der Waals surface area contributed by atoms with Gasteiger partial charge in [0, 0.05) is 0 Å². The molecule has 3 nitrogen and oxygen atoms in total. The highest BCUT2D eigenvalue weighted by Crippen LogP contribution is 2.34. The summed E-state index contributed by atoms with van der Waals surface area (Å²) < 4.78 is 4.61. The molecule has 0 aliphatic heterocycles. The minimum atomic E-state index is -0.547. The van der Waals surface area contributed by atoms with Gasteiger partial charge in [-0.25, -0.2) is 4.79 Å². The second kappa shape index (κ2) is 4.19. The first-order valence-electron chi connectivity index (χ1n) is 5.07. The van der Waals surface area contributed by atoms with Crippen molar-refractivity contribution >= 4 is 11.5 Å². The molecule has 3 heteroatoms. The fourth-order valence-corrected chi connectivity index (χ4v) is 2.03. The number of carbonyl (C=O) groups excluding carboxylic acids is 1. The van der Waals surface area contributed by atoms with Crippen molar-refractivity contribution in [1.29, 1.82) is 5.26 Å². The van der Waals surface area contributed by atoms with E-state index in [9.17, 15) is 4.79 Å². The maximum atomic E-state index is 11.4. The number of fused-ring (bicyclic) bond motifs is 1. The van der Waals surface area contributed by atoms with Gasteiger partial charge in [0.25, 0.3) is 0 Å². The number of carbonyl (C=O) groups is 1. The second-order valence-corrected chi connectivity index (χ2v) is 3.61. The molecule has 1 aromatic rings. The van der Waals surface area contributed by atoms with Gasteiger partial charge in [-0.2, -0.15) is 5.26 Å². The average Bonchev–Trinajstić information content (AvgIpc) is 2.74. The van der Waals surface area contributed by atoms with Crippen molar-refractivity contribution in [3.05, 3.63) is 41.0 Å². The molecule has 0 aromatic heterocycles. The Hall–Kier alpha value is -2.08. The van der Waals surface area contributed by atoms with Gasteiger partial charge in [0.05, 0.1) is 7.11 Å². The van der Waals surface area contributed by atoms with Gasteiger partial charge in [0.15, 0.2) is 0 Å². The summed E-state index contributed by atoms with van der Waals surface area (Å²) in [5, 5.41) is 9.00. The molecular formula is C13H11NO2. The van der Waals surface area contributed by atoms with Gasteiger partial charge in [-0.3, -0.25) is 0 Å². The first-order chi connectivity index (χ1) is 7.77. The minimum absolute atomic E-state index is 0.132. The van der Waals surface area contributed by atoms with Crippen LogP contribution < -0.4 is 0 Å². The summed E-state index contributed by atoms with van der Waals surface area (Å²) in [4.78, 5) is 11.4. The zero-order valence-corrected chi connectivity index (χ0v) is 8.99. The van der Waals surface area contributed by atoms with E-state index in [-0.39, 0.29) is 5.57 Å². The maximum Gasteiger partial charge on any atom is 0.348 e. The number of hydrogen-bond acceptors (Lipinski definition) is 3. The van der Waals surface area contributed by atoms with Gasteiger partial charge in [0.1, 0.15) is 11.6 Å². The molecule has 0 bridgehead atoms. The van der Waals surface area contributed by atoms with Crippen molar-refractivity contribution < 1.29 is 9.53 Å². The number of allylic oxidation sites excluding steroid dienone is 1. The summed E-state index contributed by atoms with van der Waals surface area (Å²) in [6, 6.07) is 9.78. The SMILES string of the molecule is COC(=O)/C(C#N)=C1\CCc2ccccc21. The normalized spacial score (nSPS) is 16.2. The van der Waals surface area contributed by atoms with Gasteiger partial charge in [-0.15, -0.1) is 0 Å². The Morgan fingerprint density at radius 1 is 1.38 bits per heavy atom. The highest BCUT2D eigenvalue weighted by Gasteiger charge is 2.23. The molecule has 2 rings (SSSR count). The molecule has 1 aliphatic carbocycles. The van der Waals surface area contributed by atoms with Gasteiger partial charge in [-0.05, 0) is 29.5 Å². The third-order valence-corrected chi connectivity index (χ3v) is 2.79. The lowest BCUT2D eigenvalue weighted by molar-refractivity contribution is -0.135. The molecule has 1 aromatic carbocycles. The zero-order valence-electron chi connectivity index (χ0n) is 8.99. The maximum absolute atomic E-state index is 11.4. The molecule has 0 amide bonds. The van der Waals surface area contributed by atoms with Crippen molar-refractivity contribution in [3.63, 3.8) is 0 Å². The van der Waals surface area contributed by atoms with Crippen LogP contribution in [0.3, 0.4) is 0 Å². The molecule has 0 fully saturated rings. The number of ether oxygens (including phenoxy) is 1. The number of nitriles is 1. The highest BCUT2D eigenvalue weighted by atomic mass is 16.5. The monoisotopic (exact) mass is 213 g/mol. The second-order valence-electron chi connectivity index (χ2n) is 3.61. The minimum Gasteiger partial charge on any atom is -0.465 e. The van der Waals surface area contributed by atoms with Crippen LogP contribution in [0.5, 0.6) is 0 Å². The molecule has 80 valence electrons. The van der Waals surface area contributed by atoms with Crippen LogP contribution in [0.4, 0.5) is 0 Å². The summed E-state index contributed by atoms with van der Waals surface area (Å²) in [5.41, 5.74) is 3.14. The van der Waals surface area contributed by atoms with Crippen LogP contribution in [0.2, 0.25) is 0 Å². The highest BCUT2D eigenvalue weighted by molar-refractivity contribution is 6.02. The molecule has 0 heterocycles. The van der Waals surface area contributed by atoms with Crippen molar-refractivity contribution in [2.24, 2.45) is 0 Å². The number of aryl methyl sites for hydroxylation is 1.